The number of fused-ring (bicyclic) bond motifs is 2. The molecule has 50 heavy (non-hydrogen) atoms. The predicted molar refractivity (Wildman–Crippen MR) is 190 cm³/mol. The molecule has 1 amide bonds. The molecule has 5 aromatic rings. The number of allylic oxidation sites excluding steroid dienone is 1. The normalized spacial score (nSPS) is 17.7. The van der Waals surface area contributed by atoms with Crippen molar-refractivity contribution < 1.29 is 27.8 Å². The van der Waals surface area contributed by atoms with Gasteiger partial charge in [-0.1, -0.05) is 45.0 Å². The van der Waals surface area contributed by atoms with Gasteiger partial charge in [-0.05, 0) is 90.3 Å². The van der Waals surface area contributed by atoms with Gasteiger partial charge in [0.1, 0.15) is 5.82 Å². The average Bonchev–Trinajstić information content (AvgIpc) is 3.59. The van der Waals surface area contributed by atoms with Gasteiger partial charge in [-0.25, -0.2) is 9.37 Å². The number of hydrogen-bond donors (Lipinski definition) is 0. The zero-order valence-electron chi connectivity index (χ0n) is 29.5. The van der Waals surface area contributed by atoms with Crippen LogP contribution in [0.2, 0.25) is 0 Å². The maximum atomic E-state index is 14.7. The number of ether oxygens (including phenoxy) is 3. The number of halogens is 1. The Kier molecular flexibility index (Phi) is 8.36. The Balaban J connectivity index is 1.29. The van der Waals surface area contributed by atoms with Gasteiger partial charge >= 0.3 is 0 Å². The van der Waals surface area contributed by atoms with Crippen LogP contribution in [0.4, 0.5) is 4.39 Å². The van der Waals surface area contributed by atoms with Crippen LogP contribution in [0, 0.1) is 17.2 Å². The Morgan fingerprint density at radius 3 is 2.34 bits per heavy atom. The summed E-state index contributed by atoms with van der Waals surface area (Å²) >= 11 is 0. The predicted octanol–water partition coefficient (Wildman–Crippen LogP) is 8.01. The Morgan fingerprint density at radius 2 is 1.68 bits per heavy atom. The minimum atomic E-state index is -0.539. The van der Waals surface area contributed by atoms with E-state index in [2.05, 4.69) is 37.0 Å². The third-order valence-electron chi connectivity index (χ3n) is 10.1. The molecule has 1 fully saturated rings. The molecule has 0 radical (unpaired) electrons. The van der Waals surface area contributed by atoms with Gasteiger partial charge in [-0.2, -0.15) is 0 Å². The third kappa shape index (κ3) is 5.86. The van der Waals surface area contributed by atoms with Gasteiger partial charge in [0.05, 0.1) is 43.5 Å². The molecule has 0 saturated carbocycles. The van der Waals surface area contributed by atoms with Crippen molar-refractivity contribution in [2.75, 3.05) is 34.4 Å². The van der Waals surface area contributed by atoms with Crippen LogP contribution in [0.5, 0.6) is 17.2 Å². The fraction of sp³-hybridized carbons (Fsp3) is 0.350. The number of aromatic nitrogens is 3. The Hall–Kier alpha value is -5.25. The van der Waals surface area contributed by atoms with Gasteiger partial charge in [-0.3, -0.25) is 4.79 Å². The van der Waals surface area contributed by atoms with Gasteiger partial charge in [0.15, 0.2) is 11.5 Å². The van der Waals surface area contributed by atoms with Crippen molar-refractivity contribution >= 4 is 28.5 Å². The Morgan fingerprint density at radius 1 is 0.960 bits per heavy atom. The second-order valence-corrected chi connectivity index (χ2v) is 14.6. The van der Waals surface area contributed by atoms with E-state index in [1.54, 1.807) is 33.5 Å². The second kappa shape index (κ2) is 12.6. The summed E-state index contributed by atoms with van der Waals surface area (Å²) < 4.78 is 36.8. The summed E-state index contributed by atoms with van der Waals surface area (Å²) in [6, 6.07) is 17.8. The van der Waals surface area contributed by atoms with Crippen molar-refractivity contribution in [1.29, 1.82) is 0 Å². The number of amides is 1. The monoisotopic (exact) mass is 676 g/mol. The summed E-state index contributed by atoms with van der Waals surface area (Å²) in [5.74, 6) is 2.15. The van der Waals surface area contributed by atoms with Crippen LogP contribution in [0.15, 0.2) is 65.1 Å². The zero-order valence-corrected chi connectivity index (χ0v) is 29.5. The summed E-state index contributed by atoms with van der Waals surface area (Å²) in [6.07, 6.45) is 3.64. The first-order chi connectivity index (χ1) is 23.9. The zero-order chi connectivity index (χ0) is 35.4. The lowest BCUT2D eigenvalue weighted by Gasteiger charge is -2.46. The molecule has 2 aliphatic rings. The Bertz CT molecular complexity index is 2120. The molecule has 1 saturated heterocycles. The smallest absolute Gasteiger partial charge is 0.254 e. The number of pyridine rings is 1. The fourth-order valence-corrected chi connectivity index (χ4v) is 7.20. The van der Waals surface area contributed by atoms with Gasteiger partial charge < -0.3 is 23.5 Å². The van der Waals surface area contributed by atoms with Crippen molar-refractivity contribution in [3.05, 3.63) is 94.8 Å². The molecule has 3 aromatic carbocycles. The summed E-state index contributed by atoms with van der Waals surface area (Å²) in [6.45, 7) is 9.56. The van der Waals surface area contributed by atoms with E-state index < -0.39 is 5.41 Å². The summed E-state index contributed by atoms with van der Waals surface area (Å²) in [4.78, 5) is 21.7. The van der Waals surface area contributed by atoms with Crippen LogP contribution >= 0.6 is 0 Å². The van der Waals surface area contributed by atoms with E-state index in [9.17, 15) is 9.18 Å². The number of carbonyl (C=O) groups is 1. The van der Waals surface area contributed by atoms with Crippen LogP contribution in [0.25, 0.3) is 34.0 Å². The molecule has 7 rings (SSSR count). The molecule has 0 bridgehead atoms. The van der Waals surface area contributed by atoms with E-state index in [0.717, 1.165) is 46.1 Å². The highest BCUT2D eigenvalue weighted by Gasteiger charge is 2.48. The number of carbonyl (C=O) groups excluding carboxylic acids is 1. The molecule has 1 atom stereocenters. The van der Waals surface area contributed by atoms with Gasteiger partial charge in [0.2, 0.25) is 17.5 Å². The minimum absolute atomic E-state index is 0.0370. The molecule has 258 valence electrons. The van der Waals surface area contributed by atoms with Crippen molar-refractivity contribution in [3.63, 3.8) is 0 Å². The molecular formula is C40H41FN4O5. The molecule has 0 N–H and O–H groups in total. The number of hydrogen-bond acceptors (Lipinski definition) is 8. The highest BCUT2D eigenvalue weighted by molar-refractivity contribution is 6.09. The molecule has 1 aliphatic heterocycles. The quantitative estimate of drug-likeness (QED) is 0.171. The minimum Gasteiger partial charge on any atom is -0.493 e. The SMILES string of the molecule is COc1cc(/C=C2/CC(C(C)(C)C)Cc3c2nc2ccccc2c3C(=O)N2CC(C)(c3nnc(-c4cccc(F)c4)o3)C2)cc(OC)c1OC. The number of likely N-dealkylation sites (tertiary alicyclic amines) is 1. The lowest BCUT2D eigenvalue weighted by atomic mass is 9.68. The van der Waals surface area contributed by atoms with E-state index in [0.29, 0.717) is 47.4 Å². The van der Waals surface area contributed by atoms with Gasteiger partial charge in [0, 0.05) is 24.0 Å². The van der Waals surface area contributed by atoms with Crippen LogP contribution in [0.1, 0.15) is 67.2 Å². The first kappa shape index (κ1) is 33.3. The number of benzene rings is 3. The van der Waals surface area contributed by atoms with Crippen LogP contribution in [0.3, 0.4) is 0 Å². The maximum Gasteiger partial charge on any atom is 0.254 e. The number of methoxy groups -OCH3 is 3. The number of rotatable bonds is 7. The van der Waals surface area contributed by atoms with Crippen molar-refractivity contribution in [2.45, 2.75) is 46.0 Å². The molecule has 10 heteroatoms. The molecule has 9 nitrogen and oxygen atoms in total. The highest BCUT2D eigenvalue weighted by Crippen LogP contribution is 2.47. The molecular weight excluding hydrogens is 635 g/mol. The van der Waals surface area contributed by atoms with E-state index in [1.807, 2.05) is 48.2 Å². The van der Waals surface area contributed by atoms with Crippen molar-refractivity contribution in [2.24, 2.45) is 11.3 Å². The van der Waals surface area contributed by atoms with Crippen LogP contribution in [-0.2, 0) is 11.8 Å². The fourth-order valence-electron chi connectivity index (χ4n) is 7.20. The first-order valence-corrected chi connectivity index (χ1v) is 16.7. The van der Waals surface area contributed by atoms with E-state index >= 15 is 0 Å². The first-order valence-electron chi connectivity index (χ1n) is 16.7. The number of nitrogens with zero attached hydrogens (tertiary/aromatic N) is 4. The van der Waals surface area contributed by atoms with Gasteiger partial charge in [-0.15, -0.1) is 10.2 Å². The Labute approximate surface area is 291 Å². The standard InChI is InChI=1S/C40H41FN4O5/c1-39(2,3)26-18-25(15-23-16-31(47-5)35(49-7)32(17-23)48-6)34-29(20-26)33(28-13-8-9-14-30(28)42-34)37(46)45-21-40(4,22-45)38-44-43-36(50-38)24-11-10-12-27(41)19-24/h8-17,19,26H,18,20-22H2,1-7H3/b25-15-. The molecule has 2 aromatic heterocycles. The van der Waals surface area contributed by atoms with Gasteiger partial charge in [0.25, 0.3) is 5.91 Å². The van der Waals surface area contributed by atoms with Crippen molar-refractivity contribution in [3.8, 4) is 28.7 Å². The van der Waals surface area contributed by atoms with Crippen LogP contribution < -0.4 is 14.2 Å². The topological polar surface area (TPSA) is 99.8 Å². The van der Waals surface area contributed by atoms with E-state index in [1.165, 1.54) is 12.1 Å². The van der Waals surface area contributed by atoms with Crippen molar-refractivity contribution in [1.82, 2.24) is 20.1 Å². The lowest BCUT2D eigenvalue weighted by molar-refractivity contribution is 0.0366. The largest absolute Gasteiger partial charge is 0.493 e. The molecule has 0 spiro atoms. The molecule has 1 unspecified atom stereocenters. The summed E-state index contributed by atoms with van der Waals surface area (Å²) in [5, 5.41) is 9.32. The lowest BCUT2D eigenvalue weighted by Crippen LogP contribution is -2.60. The second-order valence-electron chi connectivity index (χ2n) is 14.6. The summed E-state index contributed by atoms with van der Waals surface area (Å²) in [7, 11) is 4.80. The molecule has 1 aliphatic carbocycles. The molecule has 3 heterocycles. The summed E-state index contributed by atoms with van der Waals surface area (Å²) in [5.41, 5.74) is 5.10. The maximum absolute atomic E-state index is 14.7. The highest BCUT2D eigenvalue weighted by atomic mass is 19.1. The van der Waals surface area contributed by atoms with Crippen LogP contribution in [-0.4, -0.2) is 60.4 Å². The van der Waals surface area contributed by atoms with E-state index in [-0.39, 0.29) is 28.9 Å². The third-order valence-corrected chi connectivity index (χ3v) is 10.1. The van der Waals surface area contributed by atoms with E-state index in [4.69, 9.17) is 23.6 Å². The number of para-hydroxylation sites is 1. The average molecular weight is 677 g/mol.